The molecule has 0 aliphatic carbocycles. The van der Waals surface area contributed by atoms with E-state index >= 15 is 0 Å². The Labute approximate surface area is 118 Å². The van der Waals surface area contributed by atoms with Gasteiger partial charge in [-0.25, -0.2) is 0 Å². The number of fused-ring (bicyclic) bond motifs is 3. The molecule has 0 N–H and O–H groups in total. The Hall–Kier alpha value is -2.60. The molecule has 0 aromatic heterocycles. The smallest absolute Gasteiger partial charge is 0.0171 e. The summed E-state index contributed by atoms with van der Waals surface area (Å²) in [6, 6.07) is 24.1. The van der Waals surface area contributed by atoms with Gasteiger partial charge in [-0.1, -0.05) is 49.1 Å². The Bertz CT molecular complexity index is 961. The standard InChI is InChI=1S/C20H14/c1-2-14-7-8-17-12-19-10-15-5-3-4-6-16(15)11-20(19)13-18(17)9-14/h2-13H,1H2. The van der Waals surface area contributed by atoms with Crippen LogP contribution in [0.3, 0.4) is 0 Å². The average Bonchev–Trinajstić information content (AvgIpc) is 2.50. The summed E-state index contributed by atoms with van der Waals surface area (Å²) >= 11 is 0. The van der Waals surface area contributed by atoms with Crippen LogP contribution in [0.1, 0.15) is 5.56 Å². The van der Waals surface area contributed by atoms with Gasteiger partial charge in [-0.3, -0.25) is 0 Å². The molecule has 0 radical (unpaired) electrons. The summed E-state index contributed by atoms with van der Waals surface area (Å²) in [7, 11) is 0. The second-order valence-corrected chi connectivity index (χ2v) is 5.21. The number of rotatable bonds is 1. The van der Waals surface area contributed by atoms with Crippen molar-refractivity contribution in [1.82, 2.24) is 0 Å². The third-order valence-corrected chi connectivity index (χ3v) is 3.92. The van der Waals surface area contributed by atoms with E-state index in [9.17, 15) is 0 Å². The van der Waals surface area contributed by atoms with Crippen molar-refractivity contribution in [3.63, 3.8) is 0 Å². The first kappa shape index (κ1) is 11.2. The zero-order valence-corrected chi connectivity index (χ0v) is 11.1. The lowest BCUT2D eigenvalue weighted by Crippen LogP contribution is -1.80. The molecule has 4 rings (SSSR count). The lowest BCUT2D eigenvalue weighted by Gasteiger charge is -2.06. The van der Waals surface area contributed by atoms with Crippen LogP contribution in [0.4, 0.5) is 0 Å². The lowest BCUT2D eigenvalue weighted by molar-refractivity contribution is 1.73. The highest BCUT2D eigenvalue weighted by atomic mass is 14.1. The molecule has 94 valence electrons. The van der Waals surface area contributed by atoms with Crippen LogP contribution in [0.15, 0.2) is 73.3 Å². The molecule has 0 atom stereocenters. The lowest BCUT2D eigenvalue weighted by atomic mass is 9.99. The van der Waals surface area contributed by atoms with Crippen LogP contribution in [0.25, 0.3) is 38.4 Å². The Kier molecular flexibility index (Phi) is 2.37. The minimum Gasteiger partial charge on any atom is -0.0985 e. The van der Waals surface area contributed by atoms with Crippen molar-refractivity contribution >= 4 is 38.4 Å². The first-order valence-electron chi connectivity index (χ1n) is 6.82. The maximum Gasteiger partial charge on any atom is -0.0171 e. The third-order valence-electron chi connectivity index (χ3n) is 3.92. The fraction of sp³-hybridized carbons (Fsp3) is 0. The molecular formula is C20H14. The largest absolute Gasteiger partial charge is 0.0985 e. The fourth-order valence-electron chi connectivity index (χ4n) is 2.84. The van der Waals surface area contributed by atoms with E-state index in [1.165, 1.54) is 32.3 Å². The highest BCUT2D eigenvalue weighted by Crippen LogP contribution is 2.28. The normalized spacial score (nSPS) is 11.2. The molecule has 0 saturated heterocycles. The third kappa shape index (κ3) is 1.70. The van der Waals surface area contributed by atoms with E-state index in [-0.39, 0.29) is 0 Å². The predicted octanol–water partition coefficient (Wildman–Crippen LogP) is 5.79. The minimum absolute atomic E-state index is 1.16. The van der Waals surface area contributed by atoms with Crippen molar-refractivity contribution in [1.29, 1.82) is 0 Å². The summed E-state index contributed by atoms with van der Waals surface area (Å²) in [5.41, 5.74) is 1.16. The van der Waals surface area contributed by atoms with Gasteiger partial charge in [0.05, 0.1) is 0 Å². The maximum atomic E-state index is 3.84. The number of hydrogen-bond acceptors (Lipinski definition) is 0. The molecule has 0 heterocycles. The topological polar surface area (TPSA) is 0 Å². The van der Waals surface area contributed by atoms with E-state index in [0.29, 0.717) is 0 Å². The fourth-order valence-corrected chi connectivity index (χ4v) is 2.84. The monoisotopic (exact) mass is 254 g/mol. The van der Waals surface area contributed by atoms with Gasteiger partial charge in [0.1, 0.15) is 0 Å². The number of benzene rings is 4. The van der Waals surface area contributed by atoms with Crippen LogP contribution >= 0.6 is 0 Å². The van der Waals surface area contributed by atoms with Gasteiger partial charge in [-0.2, -0.15) is 0 Å². The first-order chi connectivity index (χ1) is 9.83. The summed E-state index contributed by atoms with van der Waals surface area (Å²) in [6.45, 7) is 3.84. The van der Waals surface area contributed by atoms with Gasteiger partial charge in [-0.15, -0.1) is 0 Å². The molecule has 0 amide bonds. The van der Waals surface area contributed by atoms with E-state index in [4.69, 9.17) is 0 Å². The Morgan fingerprint density at radius 3 is 1.65 bits per heavy atom. The predicted molar refractivity (Wildman–Crippen MR) is 89.1 cm³/mol. The molecule has 4 aromatic carbocycles. The Morgan fingerprint density at radius 2 is 1.05 bits per heavy atom. The molecule has 0 bridgehead atoms. The van der Waals surface area contributed by atoms with E-state index in [2.05, 4.69) is 73.3 Å². The average molecular weight is 254 g/mol. The van der Waals surface area contributed by atoms with E-state index in [1.54, 1.807) is 0 Å². The van der Waals surface area contributed by atoms with E-state index < -0.39 is 0 Å². The van der Waals surface area contributed by atoms with Crippen molar-refractivity contribution < 1.29 is 0 Å². The summed E-state index contributed by atoms with van der Waals surface area (Å²) in [6.07, 6.45) is 1.89. The molecule has 0 aliphatic heterocycles. The minimum atomic E-state index is 1.16. The molecule has 0 spiro atoms. The van der Waals surface area contributed by atoms with Crippen LogP contribution in [0.5, 0.6) is 0 Å². The highest BCUT2D eigenvalue weighted by Gasteiger charge is 2.01. The Balaban J connectivity index is 2.12. The molecular weight excluding hydrogens is 240 g/mol. The van der Waals surface area contributed by atoms with Crippen molar-refractivity contribution in [2.75, 3.05) is 0 Å². The summed E-state index contributed by atoms with van der Waals surface area (Å²) in [5, 5.41) is 7.71. The zero-order valence-electron chi connectivity index (χ0n) is 11.1. The van der Waals surface area contributed by atoms with Gasteiger partial charge in [0.15, 0.2) is 0 Å². The van der Waals surface area contributed by atoms with Gasteiger partial charge in [0.2, 0.25) is 0 Å². The van der Waals surface area contributed by atoms with Gasteiger partial charge >= 0.3 is 0 Å². The van der Waals surface area contributed by atoms with Crippen LogP contribution in [0.2, 0.25) is 0 Å². The van der Waals surface area contributed by atoms with Crippen LogP contribution in [0, 0.1) is 0 Å². The van der Waals surface area contributed by atoms with Crippen molar-refractivity contribution in [2.24, 2.45) is 0 Å². The summed E-state index contributed by atoms with van der Waals surface area (Å²) < 4.78 is 0. The molecule has 0 nitrogen and oxygen atoms in total. The van der Waals surface area contributed by atoms with Gasteiger partial charge in [0.25, 0.3) is 0 Å². The van der Waals surface area contributed by atoms with Gasteiger partial charge in [-0.05, 0) is 68.2 Å². The highest BCUT2D eigenvalue weighted by molar-refractivity contribution is 6.04. The van der Waals surface area contributed by atoms with E-state index in [1.807, 2.05) is 6.08 Å². The van der Waals surface area contributed by atoms with Crippen LogP contribution < -0.4 is 0 Å². The van der Waals surface area contributed by atoms with Gasteiger partial charge < -0.3 is 0 Å². The molecule has 4 aromatic rings. The van der Waals surface area contributed by atoms with Crippen LogP contribution in [-0.4, -0.2) is 0 Å². The van der Waals surface area contributed by atoms with Crippen molar-refractivity contribution in [3.05, 3.63) is 78.9 Å². The van der Waals surface area contributed by atoms with Crippen LogP contribution in [-0.2, 0) is 0 Å². The molecule has 0 unspecified atom stereocenters. The molecule has 20 heavy (non-hydrogen) atoms. The summed E-state index contributed by atoms with van der Waals surface area (Å²) in [4.78, 5) is 0. The quantitative estimate of drug-likeness (QED) is 0.377. The SMILES string of the molecule is C=Cc1ccc2cc3cc4ccccc4cc3cc2c1. The van der Waals surface area contributed by atoms with Crippen molar-refractivity contribution in [2.45, 2.75) is 0 Å². The Morgan fingerprint density at radius 1 is 0.550 bits per heavy atom. The molecule has 0 heteroatoms. The second kappa shape index (κ2) is 4.21. The second-order valence-electron chi connectivity index (χ2n) is 5.21. The molecule has 0 saturated carbocycles. The zero-order chi connectivity index (χ0) is 13.5. The first-order valence-corrected chi connectivity index (χ1v) is 6.82. The maximum absolute atomic E-state index is 3.84. The van der Waals surface area contributed by atoms with Crippen molar-refractivity contribution in [3.8, 4) is 0 Å². The number of hydrogen-bond donors (Lipinski definition) is 0. The van der Waals surface area contributed by atoms with E-state index in [0.717, 1.165) is 5.56 Å². The molecule has 0 aliphatic rings. The molecule has 0 fully saturated rings. The van der Waals surface area contributed by atoms with Gasteiger partial charge in [0, 0.05) is 0 Å². The summed E-state index contributed by atoms with van der Waals surface area (Å²) in [5.74, 6) is 0.